The van der Waals surface area contributed by atoms with Crippen LogP contribution in [0.4, 0.5) is 19.0 Å². The number of aromatic hydroxyl groups is 1. The number of halogens is 3. The molecule has 4 aromatic rings. The number of hydrogen-bond donors (Lipinski definition) is 1. The van der Waals surface area contributed by atoms with Gasteiger partial charge in [0.2, 0.25) is 0 Å². The molecule has 4 aliphatic heterocycles. The maximum absolute atomic E-state index is 17.1. The van der Waals surface area contributed by atoms with Crippen molar-refractivity contribution in [2.45, 2.75) is 76.2 Å². The molecule has 0 bridgehead atoms. The van der Waals surface area contributed by atoms with Crippen molar-refractivity contribution in [3.05, 3.63) is 47.2 Å². The molecule has 2 aromatic heterocycles. The van der Waals surface area contributed by atoms with Gasteiger partial charge in [0.1, 0.15) is 41.4 Å². The zero-order chi connectivity index (χ0) is 33.3. The van der Waals surface area contributed by atoms with Crippen molar-refractivity contribution < 1.29 is 23.0 Å². The van der Waals surface area contributed by atoms with E-state index in [1.54, 1.807) is 0 Å². The Morgan fingerprint density at radius 1 is 1.08 bits per heavy atom. The molecule has 6 heterocycles. The van der Waals surface area contributed by atoms with Crippen LogP contribution in [0.1, 0.15) is 57.2 Å². The molecule has 0 spiro atoms. The zero-order valence-electron chi connectivity index (χ0n) is 27.3. The van der Waals surface area contributed by atoms with Gasteiger partial charge in [0.15, 0.2) is 5.82 Å². The SMILES string of the molecule is C#Cc1c(F)ccc2cc(O)cc(-c3nc4c5c(nc(OCC67CCCN6C[C@H](F)C7)nc5c3F)N(C3CCCN(C(C)C)C3)CC4)c12. The van der Waals surface area contributed by atoms with Crippen LogP contribution in [0.3, 0.4) is 0 Å². The van der Waals surface area contributed by atoms with E-state index < -0.39 is 23.3 Å². The Kier molecular flexibility index (Phi) is 7.64. The third kappa shape index (κ3) is 5.03. The molecule has 48 heavy (non-hydrogen) atoms. The van der Waals surface area contributed by atoms with Crippen molar-refractivity contribution in [3.63, 3.8) is 0 Å². The molecule has 11 heteroatoms. The van der Waals surface area contributed by atoms with Crippen LogP contribution in [-0.2, 0) is 6.42 Å². The predicted molar refractivity (Wildman–Crippen MR) is 179 cm³/mol. The van der Waals surface area contributed by atoms with Crippen molar-refractivity contribution in [2.24, 2.45) is 0 Å². The van der Waals surface area contributed by atoms with Gasteiger partial charge in [0.25, 0.3) is 0 Å². The summed E-state index contributed by atoms with van der Waals surface area (Å²) in [5.41, 5.74) is 0.290. The van der Waals surface area contributed by atoms with Crippen LogP contribution >= 0.6 is 0 Å². The highest BCUT2D eigenvalue weighted by atomic mass is 19.1. The van der Waals surface area contributed by atoms with Gasteiger partial charge < -0.3 is 14.7 Å². The lowest BCUT2D eigenvalue weighted by molar-refractivity contribution is 0.107. The summed E-state index contributed by atoms with van der Waals surface area (Å²) in [6.45, 7) is 8.30. The molecule has 3 atom stereocenters. The van der Waals surface area contributed by atoms with Crippen LogP contribution in [0.25, 0.3) is 32.9 Å². The molecule has 4 aliphatic rings. The number of fused-ring (bicyclic) bond motifs is 2. The molecule has 8 rings (SSSR count). The van der Waals surface area contributed by atoms with Gasteiger partial charge in [-0.25, -0.2) is 18.2 Å². The van der Waals surface area contributed by atoms with Crippen LogP contribution in [0, 0.1) is 24.0 Å². The number of rotatable bonds is 6. The summed E-state index contributed by atoms with van der Waals surface area (Å²) in [7, 11) is 0. The molecular weight excluding hydrogens is 617 g/mol. The molecular formula is C37H39F3N6O2. The van der Waals surface area contributed by atoms with Crippen LogP contribution < -0.4 is 9.64 Å². The normalized spacial score (nSPS) is 24.5. The van der Waals surface area contributed by atoms with Gasteiger partial charge >= 0.3 is 6.01 Å². The minimum absolute atomic E-state index is 0.0302. The van der Waals surface area contributed by atoms with E-state index in [1.165, 1.54) is 24.3 Å². The molecule has 0 saturated carbocycles. The lowest BCUT2D eigenvalue weighted by Gasteiger charge is -2.43. The second-order valence-corrected chi connectivity index (χ2v) is 14.1. The van der Waals surface area contributed by atoms with E-state index in [9.17, 15) is 13.9 Å². The Balaban J connectivity index is 1.30. The van der Waals surface area contributed by atoms with E-state index in [-0.39, 0.29) is 52.1 Å². The number of piperidine rings is 1. The fourth-order valence-electron chi connectivity index (χ4n) is 8.63. The highest BCUT2D eigenvalue weighted by Gasteiger charge is 2.49. The van der Waals surface area contributed by atoms with Gasteiger partial charge in [0.05, 0.1) is 22.2 Å². The lowest BCUT2D eigenvalue weighted by atomic mass is 9.94. The Morgan fingerprint density at radius 2 is 1.94 bits per heavy atom. The predicted octanol–water partition coefficient (Wildman–Crippen LogP) is 6.00. The van der Waals surface area contributed by atoms with Crippen molar-refractivity contribution in [3.8, 4) is 35.4 Å². The van der Waals surface area contributed by atoms with E-state index in [0.29, 0.717) is 54.3 Å². The molecule has 3 saturated heterocycles. The molecule has 3 fully saturated rings. The summed E-state index contributed by atoms with van der Waals surface area (Å²) in [5, 5.41) is 11.9. The number of aromatic nitrogens is 3. The number of benzene rings is 2. The van der Waals surface area contributed by atoms with Crippen molar-refractivity contribution in [1.29, 1.82) is 0 Å². The average molecular weight is 657 g/mol. The first-order valence-electron chi connectivity index (χ1n) is 17.0. The number of ether oxygens (including phenoxy) is 1. The number of alkyl halides is 1. The highest BCUT2D eigenvalue weighted by molar-refractivity contribution is 6.03. The zero-order valence-corrected chi connectivity index (χ0v) is 27.3. The largest absolute Gasteiger partial charge is 0.508 e. The van der Waals surface area contributed by atoms with E-state index in [1.807, 2.05) is 0 Å². The van der Waals surface area contributed by atoms with E-state index in [4.69, 9.17) is 21.1 Å². The van der Waals surface area contributed by atoms with Gasteiger partial charge in [-0.1, -0.05) is 12.0 Å². The Labute approximate surface area is 277 Å². The van der Waals surface area contributed by atoms with Crippen LogP contribution in [-0.4, -0.2) is 93.0 Å². The Bertz CT molecular complexity index is 1980. The Morgan fingerprint density at radius 3 is 2.75 bits per heavy atom. The molecule has 0 amide bonds. The number of anilines is 1. The monoisotopic (exact) mass is 656 g/mol. The number of likely N-dealkylation sites (tertiary alicyclic amines) is 1. The summed E-state index contributed by atoms with van der Waals surface area (Å²) < 4.78 is 52.9. The van der Waals surface area contributed by atoms with Crippen LogP contribution in [0.15, 0.2) is 24.3 Å². The quantitative estimate of drug-likeness (QED) is 0.254. The first-order valence-corrected chi connectivity index (χ1v) is 17.0. The maximum Gasteiger partial charge on any atom is 0.319 e. The number of pyridine rings is 1. The maximum atomic E-state index is 17.1. The van der Waals surface area contributed by atoms with Gasteiger partial charge in [-0.3, -0.25) is 9.80 Å². The van der Waals surface area contributed by atoms with E-state index in [2.05, 4.69) is 39.5 Å². The van der Waals surface area contributed by atoms with E-state index >= 15 is 4.39 Å². The summed E-state index contributed by atoms with van der Waals surface area (Å²) in [6, 6.07) is 6.15. The summed E-state index contributed by atoms with van der Waals surface area (Å²) in [6.07, 6.45) is 9.52. The summed E-state index contributed by atoms with van der Waals surface area (Å²) in [4.78, 5) is 21.3. The highest BCUT2D eigenvalue weighted by Crippen LogP contribution is 2.43. The lowest BCUT2D eigenvalue weighted by Crippen LogP contribution is -2.51. The number of nitrogens with zero attached hydrogens (tertiary/aromatic N) is 6. The third-order valence-corrected chi connectivity index (χ3v) is 11.0. The van der Waals surface area contributed by atoms with Crippen molar-refractivity contribution >= 4 is 27.5 Å². The van der Waals surface area contributed by atoms with Gasteiger partial charge in [-0.15, -0.1) is 6.42 Å². The molecule has 8 nitrogen and oxygen atoms in total. The second-order valence-electron chi connectivity index (χ2n) is 14.1. The third-order valence-electron chi connectivity index (χ3n) is 11.0. The van der Waals surface area contributed by atoms with Crippen molar-refractivity contribution in [1.82, 2.24) is 24.8 Å². The van der Waals surface area contributed by atoms with E-state index in [0.717, 1.165) is 45.3 Å². The van der Waals surface area contributed by atoms with Gasteiger partial charge in [-0.2, -0.15) is 9.97 Å². The van der Waals surface area contributed by atoms with Crippen LogP contribution in [0.2, 0.25) is 0 Å². The van der Waals surface area contributed by atoms with Gasteiger partial charge in [0, 0.05) is 55.5 Å². The fourth-order valence-corrected chi connectivity index (χ4v) is 8.63. The average Bonchev–Trinajstić information content (AvgIpc) is 3.60. The molecule has 2 aromatic carbocycles. The van der Waals surface area contributed by atoms with Crippen molar-refractivity contribution in [2.75, 3.05) is 44.2 Å². The molecule has 2 unspecified atom stereocenters. The number of terminal acetylenes is 1. The molecule has 250 valence electrons. The summed E-state index contributed by atoms with van der Waals surface area (Å²) in [5.74, 6) is 1.50. The smallest absolute Gasteiger partial charge is 0.319 e. The van der Waals surface area contributed by atoms with Gasteiger partial charge in [-0.05, 0) is 76.2 Å². The first kappa shape index (κ1) is 31.1. The summed E-state index contributed by atoms with van der Waals surface area (Å²) >= 11 is 0. The molecule has 0 aliphatic carbocycles. The molecule has 0 radical (unpaired) electrons. The second kappa shape index (κ2) is 11.8. The minimum Gasteiger partial charge on any atom is -0.508 e. The molecule has 1 N–H and O–H groups in total. The number of phenols is 1. The fraction of sp³-hybridized carbons (Fsp3) is 0.486. The van der Waals surface area contributed by atoms with Crippen LogP contribution in [0.5, 0.6) is 11.8 Å². The topological polar surface area (TPSA) is 77.8 Å². The number of phenolic OH excluding ortho intramolecular Hbond substituents is 1. The number of hydrogen-bond acceptors (Lipinski definition) is 8. The minimum atomic E-state index is -0.915. The first-order chi connectivity index (χ1) is 23.2. The Hall–Kier alpha value is -4.14. The standard InChI is InChI=1S/C37H39F3N6O2/c1-4-26-28(39)9-8-22-15-25(47)16-27(30(22)26)33-32(40)34-31-29(41-33)10-14-46(24-7-5-12-44(19-24)21(2)3)35(31)43-36(42-34)48-20-37-11-6-13-45(37)18-23(38)17-37/h1,8-9,15-16,21,23-24,47H,5-7,10-14,17-20H2,2-3H3/t23-,24?,37?/m1/s1.